The van der Waals surface area contributed by atoms with Crippen LogP contribution < -0.4 is 5.32 Å². The molecule has 0 fully saturated rings. The van der Waals surface area contributed by atoms with Crippen molar-refractivity contribution in [3.8, 4) is 0 Å². The molecule has 0 radical (unpaired) electrons. The second kappa shape index (κ2) is 6.18. The number of hydrogen-bond donors (Lipinski definition) is 2. The maximum atomic E-state index is 13.4. The summed E-state index contributed by atoms with van der Waals surface area (Å²) in [5.74, 6) is -1.18. The third-order valence-corrected chi connectivity index (χ3v) is 3.45. The molecular formula is C13H14F2N2OS. The quantitative estimate of drug-likeness (QED) is 0.887. The fourth-order valence-electron chi connectivity index (χ4n) is 1.71. The number of benzene rings is 1. The first kappa shape index (κ1) is 14.0. The van der Waals surface area contributed by atoms with Crippen molar-refractivity contribution in [3.05, 3.63) is 51.5 Å². The Morgan fingerprint density at radius 2 is 2.21 bits per heavy atom. The SMILES string of the molecule is Cc1nc(CNCC(O)c2cc(F)ccc2F)cs1. The first-order chi connectivity index (χ1) is 9.06. The zero-order valence-corrected chi connectivity index (χ0v) is 11.2. The van der Waals surface area contributed by atoms with Gasteiger partial charge in [0.05, 0.1) is 16.8 Å². The van der Waals surface area contributed by atoms with E-state index in [4.69, 9.17) is 0 Å². The number of rotatable bonds is 5. The number of halogens is 2. The highest BCUT2D eigenvalue weighted by atomic mass is 32.1. The van der Waals surface area contributed by atoms with Crippen molar-refractivity contribution in [1.29, 1.82) is 0 Å². The standard InChI is InChI=1S/C13H14F2N2OS/c1-8-17-10(7-19-8)5-16-6-13(18)11-4-9(14)2-3-12(11)15/h2-4,7,13,16,18H,5-6H2,1H3. The molecule has 2 N–H and O–H groups in total. The molecule has 0 saturated heterocycles. The summed E-state index contributed by atoms with van der Waals surface area (Å²) in [5, 5.41) is 15.7. The third kappa shape index (κ3) is 3.79. The van der Waals surface area contributed by atoms with Crippen LogP contribution in [0.3, 0.4) is 0 Å². The van der Waals surface area contributed by atoms with Crippen molar-refractivity contribution in [2.45, 2.75) is 19.6 Å². The molecule has 2 aromatic rings. The molecule has 0 bridgehead atoms. The van der Waals surface area contributed by atoms with Crippen LogP contribution in [0, 0.1) is 18.6 Å². The molecule has 0 spiro atoms. The molecule has 6 heteroatoms. The molecule has 102 valence electrons. The van der Waals surface area contributed by atoms with E-state index in [9.17, 15) is 13.9 Å². The Bertz CT molecular complexity index is 559. The number of nitrogens with one attached hydrogen (secondary N) is 1. The second-order valence-corrected chi connectivity index (χ2v) is 5.23. The van der Waals surface area contributed by atoms with Gasteiger partial charge in [-0.05, 0) is 25.1 Å². The predicted octanol–water partition coefficient (Wildman–Crippen LogP) is 2.55. The van der Waals surface area contributed by atoms with E-state index < -0.39 is 17.7 Å². The summed E-state index contributed by atoms with van der Waals surface area (Å²) in [6, 6.07) is 3.05. The van der Waals surface area contributed by atoms with Crippen LogP contribution in [-0.2, 0) is 6.54 Å². The van der Waals surface area contributed by atoms with Crippen LogP contribution in [0.4, 0.5) is 8.78 Å². The zero-order chi connectivity index (χ0) is 13.8. The summed E-state index contributed by atoms with van der Waals surface area (Å²) >= 11 is 1.54. The maximum absolute atomic E-state index is 13.4. The Balaban J connectivity index is 1.90. The maximum Gasteiger partial charge on any atom is 0.129 e. The summed E-state index contributed by atoms with van der Waals surface area (Å²) in [4.78, 5) is 4.25. The molecule has 2 rings (SSSR count). The summed E-state index contributed by atoms with van der Waals surface area (Å²) in [6.07, 6.45) is -1.09. The van der Waals surface area contributed by atoms with E-state index in [1.807, 2.05) is 12.3 Å². The van der Waals surface area contributed by atoms with Gasteiger partial charge in [-0.2, -0.15) is 0 Å². The highest BCUT2D eigenvalue weighted by Crippen LogP contribution is 2.17. The molecule has 19 heavy (non-hydrogen) atoms. The van der Waals surface area contributed by atoms with Gasteiger partial charge >= 0.3 is 0 Å². The monoisotopic (exact) mass is 284 g/mol. The van der Waals surface area contributed by atoms with E-state index in [-0.39, 0.29) is 12.1 Å². The lowest BCUT2D eigenvalue weighted by atomic mass is 10.1. The number of nitrogens with zero attached hydrogens (tertiary/aromatic N) is 1. The Morgan fingerprint density at radius 3 is 2.89 bits per heavy atom. The van der Waals surface area contributed by atoms with Gasteiger partial charge in [0, 0.05) is 24.0 Å². The highest BCUT2D eigenvalue weighted by Gasteiger charge is 2.13. The lowest BCUT2D eigenvalue weighted by Gasteiger charge is -2.12. The lowest BCUT2D eigenvalue weighted by Crippen LogP contribution is -2.22. The van der Waals surface area contributed by atoms with Crippen molar-refractivity contribution in [2.75, 3.05) is 6.54 Å². The minimum absolute atomic E-state index is 0.0399. The molecule has 1 atom stereocenters. The largest absolute Gasteiger partial charge is 0.387 e. The van der Waals surface area contributed by atoms with Crippen LogP contribution >= 0.6 is 11.3 Å². The summed E-state index contributed by atoms with van der Waals surface area (Å²) in [5.41, 5.74) is 0.830. The van der Waals surface area contributed by atoms with Gasteiger partial charge in [0.25, 0.3) is 0 Å². The fraction of sp³-hybridized carbons (Fsp3) is 0.308. The number of thiazole rings is 1. The van der Waals surface area contributed by atoms with Gasteiger partial charge in [-0.3, -0.25) is 0 Å². The first-order valence-corrected chi connectivity index (χ1v) is 6.69. The summed E-state index contributed by atoms with van der Waals surface area (Å²) in [6.45, 7) is 2.53. The molecule has 1 heterocycles. The Kier molecular flexibility index (Phi) is 4.57. The van der Waals surface area contributed by atoms with E-state index in [2.05, 4.69) is 10.3 Å². The van der Waals surface area contributed by atoms with Gasteiger partial charge < -0.3 is 10.4 Å². The van der Waals surface area contributed by atoms with Gasteiger partial charge in [-0.25, -0.2) is 13.8 Å². The van der Waals surface area contributed by atoms with Crippen LogP contribution in [0.25, 0.3) is 0 Å². The van der Waals surface area contributed by atoms with Crippen molar-refractivity contribution in [3.63, 3.8) is 0 Å². The average Bonchev–Trinajstić information content (AvgIpc) is 2.78. The minimum atomic E-state index is -1.09. The van der Waals surface area contributed by atoms with E-state index in [0.717, 1.165) is 28.9 Å². The molecule has 0 aliphatic heterocycles. The molecule has 1 unspecified atom stereocenters. The van der Waals surface area contributed by atoms with E-state index in [1.165, 1.54) is 0 Å². The van der Waals surface area contributed by atoms with E-state index in [0.29, 0.717) is 6.54 Å². The first-order valence-electron chi connectivity index (χ1n) is 5.81. The second-order valence-electron chi connectivity index (χ2n) is 4.17. The number of hydrogen-bond acceptors (Lipinski definition) is 4. The number of aryl methyl sites for hydroxylation is 1. The lowest BCUT2D eigenvalue weighted by molar-refractivity contribution is 0.169. The van der Waals surface area contributed by atoms with E-state index >= 15 is 0 Å². The van der Waals surface area contributed by atoms with E-state index in [1.54, 1.807) is 11.3 Å². The fourth-order valence-corrected chi connectivity index (χ4v) is 2.32. The zero-order valence-electron chi connectivity index (χ0n) is 10.4. The smallest absolute Gasteiger partial charge is 0.129 e. The van der Waals surface area contributed by atoms with Crippen LogP contribution in [0.2, 0.25) is 0 Å². The molecule has 0 aliphatic carbocycles. The molecule has 1 aromatic heterocycles. The summed E-state index contributed by atoms with van der Waals surface area (Å²) < 4.78 is 26.4. The Morgan fingerprint density at radius 1 is 1.42 bits per heavy atom. The van der Waals surface area contributed by atoms with Gasteiger partial charge in [0.15, 0.2) is 0 Å². The van der Waals surface area contributed by atoms with Crippen molar-refractivity contribution >= 4 is 11.3 Å². The topological polar surface area (TPSA) is 45.2 Å². The van der Waals surface area contributed by atoms with Crippen LogP contribution in [0.5, 0.6) is 0 Å². The number of aromatic nitrogens is 1. The van der Waals surface area contributed by atoms with Gasteiger partial charge in [-0.1, -0.05) is 0 Å². The Labute approximate surface area is 113 Å². The predicted molar refractivity (Wildman–Crippen MR) is 69.9 cm³/mol. The van der Waals surface area contributed by atoms with Crippen molar-refractivity contribution in [2.24, 2.45) is 0 Å². The molecule has 0 saturated carbocycles. The number of aliphatic hydroxyl groups is 1. The molecule has 3 nitrogen and oxygen atoms in total. The molecule has 0 amide bonds. The van der Waals surface area contributed by atoms with Crippen molar-refractivity contribution < 1.29 is 13.9 Å². The highest BCUT2D eigenvalue weighted by molar-refractivity contribution is 7.09. The summed E-state index contributed by atoms with van der Waals surface area (Å²) in [7, 11) is 0. The molecule has 1 aromatic carbocycles. The average molecular weight is 284 g/mol. The minimum Gasteiger partial charge on any atom is -0.387 e. The molecule has 0 aliphatic rings. The normalized spacial score (nSPS) is 12.6. The van der Waals surface area contributed by atoms with Gasteiger partial charge in [0.1, 0.15) is 11.6 Å². The molecular weight excluding hydrogens is 270 g/mol. The van der Waals surface area contributed by atoms with Crippen LogP contribution in [-0.4, -0.2) is 16.6 Å². The van der Waals surface area contributed by atoms with Crippen molar-refractivity contribution in [1.82, 2.24) is 10.3 Å². The number of aliphatic hydroxyl groups excluding tert-OH is 1. The third-order valence-electron chi connectivity index (χ3n) is 2.63. The Hall–Kier alpha value is -1.37. The van der Waals surface area contributed by atoms with Gasteiger partial charge in [-0.15, -0.1) is 11.3 Å². The van der Waals surface area contributed by atoms with Crippen LogP contribution in [0.1, 0.15) is 22.4 Å². The van der Waals surface area contributed by atoms with Gasteiger partial charge in [0.2, 0.25) is 0 Å². The van der Waals surface area contributed by atoms with Crippen LogP contribution in [0.15, 0.2) is 23.6 Å².